The van der Waals surface area contributed by atoms with Crippen LogP contribution < -0.4 is 10.6 Å². The second-order valence-electron chi connectivity index (χ2n) is 7.02. The average Bonchev–Trinajstić information content (AvgIpc) is 3.21. The SMILES string of the molecule is [CH2]c1cccc(-n2nc(C(F)(F)F)cc2C(=O)Nc2cccc(Nc3ccccc3)c2)c1. The van der Waals surface area contributed by atoms with Crippen LogP contribution in [0.1, 0.15) is 21.7 Å². The van der Waals surface area contributed by atoms with Crippen molar-refractivity contribution in [3.05, 3.63) is 109 Å². The van der Waals surface area contributed by atoms with E-state index in [0.717, 1.165) is 16.4 Å². The Morgan fingerprint density at radius 3 is 2.25 bits per heavy atom. The van der Waals surface area contributed by atoms with Crippen molar-refractivity contribution in [3.63, 3.8) is 0 Å². The third-order valence-corrected chi connectivity index (χ3v) is 4.57. The van der Waals surface area contributed by atoms with Crippen LogP contribution in [0.25, 0.3) is 5.69 Å². The lowest BCUT2D eigenvalue weighted by Gasteiger charge is -2.11. The highest BCUT2D eigenvalue weighted by Crippen LogP contribution is 2.30. The lowest BCUT2D eigenvalue weighted by Crippen LogP contribution is -2.17. The Morgan fingerprint density at radius 2 is 1.53 bits per heavy atom. The Balaban J connectivity index is 1.63. The van der Waals surface area contributed by atoms with E-state index < -0.39 is 17.8 Å². The van der Waals surface area contributed by atoms with Crippen LogP contribution in [0.4, 0.5) is 30.2 Å². The number of alkyl halides is 3. The first-order valence-corrected chi connectivity index (χ1v) is 9.63. The lowest BCUT2D eigenvalue weighted by molar-refractivity contribution is -0.141. The summed E-state index contributed by atoms with van der Waals surface area (Å²) in [5.74, 6) is -0.723. The molecule has 1 radical (unpaired) electrons. The summed E-state index contributed by atoms with van der Waals surface area (Å²) in [6.07, 6.45) is -4.69. The van der Waals surface area contributed by atoms with Crippen LogP contribution >= 0.6 is 0 Å². The van der Waals surface area contributed by atoms with Gasteiger partial charge in [0.25, 0.3) is 5.91 Å². The van der Waals surface area contributed by atoms with Crippen LogP contribution in [-0.4, -0.2) is 15.7 Å². The summed E-state index contributed by atoms with van der Waals surface area (Å²) in [6.45, 7) is 3.78. The highest BCUT2D eigenvalue weighted by molar-refractivity contribution is 6.03. The van der Waals surface area contributed by atoms with Crippen LogP contribution in [0, 0.1) is 6.92 Å². The Kier molecular flexibility index (Phi) is 5.68. The first-order chi connectivity index (χ1) is 15.3. The van der Waals surface area contributed by atoms with E-state index in [9.17, 15) is 18.0 Å². The second-order valence-corrected chi connectivity index (χ2v) is 7.02. The number of hydrogen-bond donors (Lipinski definition) is 2. The molecule has 8 heteroatoms. The highest BCUT2D eigenvalue weighted by Gasteiger charge is 2.36. The molecule has 0 unspecified atom stereocenters. The predicted molar refractivity (Wildman–Crippen MR) is 117 cm³/mol. The van der Waals surface area contributed by atoms with Gasteiger partial charge in [0, 0.05) is 23.1 Å². The molecule has 5 nitrogen and oxygen atoms in total. The van der Waals surface area contributed by atoms with Crippen LogP contribution in [0.3, 0.4) is 0 Å². The van der Waals surface area contributed by atoms with Crippen LogP contribution in [-0.2, 0) is 6.18 Å². The fraction of sp³-hybridized carbons (Fsp3) is 0.0417. The average molecular weight is 435 g/mol. The maximum atomic E-state index is 13.3. The molecule has 32 heavy (non-hydrogen) atoms. The number of amides is 1. The minimum atomic E-state index is -4.69. The number of para-hydroxylation sites is 1. The van der Waals surface area contributed by atoms with Crippen molar-refractivity contribution in [1.29, 1.82) is 0 Å². The van der Waals surface area contributed by atoms with Gasteiger partial charge in [-0.1, -0.05) is 36.4 Å². The van der Waals surface area contributed by atoms with Crippen LogP contribution in [0.2, 0.25) is 0 Å². The zero-order valence-corrected chi connectivity index (χ0v) is 16.7. The number of nitrogens with zero attached hydrogens (tertiary/aromatic N) is 2. The van der Waals surface area contributed by atoms with Gasteiger partial charge in [-0.15, -0.1) is 0 Å². The molecule has 161 valence electrons. The molecule has 0 fully saturated rings. The summed E-state index contributed by atoms with van der Waals surface area (Å²) in [4.78, 5) is 12.9. The topological polar surface area (TPSA) is 59.0 Å². The molecule has 0 aliphatic rings. The molecule has 4 rings (SSSR count). The Bertz CT molecular complexity index is 1250. The number of nitrogens with one attached hydrogen (secondary N) is 2. The minimum absolute atomic E-state index is 0.246. The van der Waals surface area contributed by atoms with E-state index in [1.165, 1.54) is 0 Å². The fourth-order valence-corrected chi connectivity index (χ4v) is 3.12. The third-order valence-electron chi connectivity index (χ3n) is 4.57. The van der Waals surface area contributed by atoms with Crippen molar-refractivity contribution in [2.75, 3.05) is 10.6 Å². The van der Waals surface area contributed by atoms with Gasteiger partial charge in [0.15, 0.2) is 5.69 Å². The van der Waals surface area contributed by atoms with E-state index in [-0.39, 0.29) is 5.69 Å². The molecule has 0 saturated carbocycles. The number of carbonyl (C=O) groups excluding carboxylic acids is 1. The van der Waals surface area contributed by atoms with Crippen molar-refractivity contribution < 1.29 is 18.0 Å². The van der Waals surface area contributed by atoms with E-state index in [0.29, 0.717) is 22.6 Å². The number of hydrogen-bond acceptors (Lipinski definition) is 3. The smallest absolute Gasteiger partial charge is 0.355 e. The molecule has 0 saturated heterocycles. The zero-order valence-electron chi connectivity index (χ0n) is 16.7. The van der Waals surface area contributed by atoms with Gasteiger partial charge in [0.2, 0.25) is 0 Å². The number of halogens is 3. The van der Waals surface area contributed by atoms with Crippen molar-refractivity contribution in [1.82, 2.24) is 9.78 Å². The number of carbonyl (C=O) groups is 1. The van der Waals surface area contributed by atoms with Crippen LogP contribution in [0.15, 0.2) is 84.9 Å². The quantitative estimate of drug-likeness (QED) is 0.400. The Hall–Kier alpha value is -4.07. The van der Waals surface area contributed by atoms with Gasteiger partial charge in [-0.05, 0) is 55.0 Å². The van der Waals surface area contributed by atoms with E-state index in [4.69, 9.17) is 0 Å². The van der Waals surface area contributed by atoms with Gasteiger partial charge in [-0.3, -0.25) is 4.79 Å². The summed E-state index contributed by atoms with van der Waals surface area (Å²) in [7, 11) is 0. The Labute approximate surface area is 182 Å². The molecule has 1 amide bonds. The summed E-state index contributed by atoms with van der Waals surface area (Å²) in [5.41, 5.74) is 1.47. The number of aromatic nitrogens is 2. The normalized spacial score (nSPS) is 11.2. The van der Waals surface area contributed by atoms with Crippen molar-refractivity contribution in [2.45, 2.75) is 6.18 Å². The van der Waals surface area contributed by atoms with Gasteiger partial charge in [0.05, 0.1) is 5.69 Å². The number of anilines is 3. The molecule has 0 aliphatic carbocycles. The first kappa shape index (κ1) is 21.2. The molecule has 1 aromatic heterocycles. The Morgan fingerprint density at radius 1 is 0.844 bits per heavy atom. The van der Waals surface area contributed by atoms with Gasteiger partial charge < -0.3 is 10.6 Å². The number of benzene rings is 3. The van der Waals surface area contributed by atoms with Gasteiger partial charge in [-0.2, -0.15) is 18.3 Å². The molecule has 4 aromatic rings. The number of rotatable bonds is 5. The molecular formula is C24H18F3N4O. The minimum Gasteiger partial charge on any atom is -0.355 e. The summed E-state index contributed by atoms with van der Waals surface area (Å²) in [5, 5.41) is 9.47. The van der Waals surface area contributed by atoms with Gasteiger partial charge >= 0.3 is 6.18 Å². The summed E-state index contributed by atoms with van der Waals surface area (Å²) in [6, 6.07) is 23.5. The molecule has 0 atom stereocenters. The standard InChI is InChI=1S/C24H18F3N4O/c1-16-7-5-12-20(13-16)31-21(15-22(30-31)24(25,26)27)23(32)29-19-11-6-10-18(14-19)28-17-8-3-2-4-9-17/h2-15,28H,1H2,(H,29,32). The lowest BCUT2D eigenvalue weighted by atomic mass is 10.2. The van der Waals surface area contributed by atoms with E-state index >= 15 is 0 Å². The zero-order chi connectivity index (χ0) is 22.7. The predicted octanol–water partition coefficient (Wildman–Crippen LogP) is 6.07. The van der Waals surface area contributed by atoms with Gasteiger partial charge in [0.1, 0.15) is 5.69 Å². The summed E-state index contributed by atoms with van der Waals surface area (Å²) >= 11 is 0. The fourth-order valence-electron chi connectivity index (χ4n) is 3.12. The summed E-state index contributed by atoms with van der Waals surface area (Å²) < 4.78 is 40.9. The molecule has 0 bridgehead atoms. The molecule has 1 heterocycles. The first-order valence-electron chi connectivity index (χ1n) is 9.63. The molecule has 2 N–H and O–H groups in total. The van der Waals surface area contributed by atoms with E-state index in [2.05, 4.69) is 22.7 Å². The van der Waals surface area contributed by atoms with Gasteiger partial charge in [-0.25, -0.2) is 4.68 Å². The van der Waals surface area contributed by atoms with Crippen LogP contribution in [0.5, 0.6) is 0 Å². The maximum Gasteiger partial charge on any atom is 0.435 e. The van der Waals surface area contributed by atoms with E-state index in [1.54, 1.807) is 42.5 Å². The molecule has 3 aromatic carbocycles. The largest absolute Gasteiger partial charge is 0.435 e. The molecule has 0 aliphatic heterocycles. The van der Waals surface area contributed by atoms with Crippen molar-refractivity contribution in [3.8, 4) is 5.69 Å². The second kappa shape index (κ2) is 8.58. The van der Waals surface area contributed by atoms with Crippen molar-refractivity contribution >= 4 is 23.0 Å². The van der Waals surface area contributed by atoms with E-state index in [1.807, 2.05) is 36.4 Å². The van der Waals surface area contributed by atoms with Crippen molar-refractivity contribution in [2.24, 2.45) is 0 Å². The maximum absolute atomic E-state index is 13.3. The monoisotopic (exact) mass is 435 g/mol. The highest BCUT2D eigenvalue weighted by atomic mass is 19.4. The molecular weight excluding hydrogens is 417 g/mol. The third kappa shape index (κ3) is 4.80. The molecule has 0 spiro atoms.